The van der Waals surface area contributed by atoms with Crippen molar-refractivity contribution in [3.63, 3.8) is 0 Å². The summed E-state index contributed by atoms with van der Waals surface area (Å²) in [7, 11) is -3.56. The second-order valence-corrected chi connectivity index (χ2v) is 8.94. The molecule has 7 heteroatoms. The Morgan fingerprint density at radius 2 is 2.13 bits per heavy atom. The van der Waals surface area contributed by atoms with Crippen LogP contribution < -0.4 is 9.62 Å². The molecule has 2 aliphatic rings. The van der Waals surface area contributed by atoms with E-state index >= 15 is 0 Å². The first-order chi connectivity index (χ1) is 10.8. The number of halogens is 1. The van der Waals surface area contributed by atoms with Crippen molar-refractivity contribution in [2.75, 3.05) is 17.1 Å². The summed E-state index contributed by atoms with van der Waals surface area (Å²) in [5.74, 6) is 1.03. The van der Waals surface area contributed by atoms with Crippen molar-refractivity contribution in [3.8, 4) is 0 Å². The summed E-state index contributed by atoms with van der Waals surface area (Å²) in [5, 5.41) is 3.45. The molecule has 126 valence electrons. The number of anilines is 1. The number of amides is 1. The van der Waals surface area contributed by atoms with Crippen molar-refractivity contribution in [3.05, 3.63) is 29.3 Å². The fourth-order valence-corrected chi connectivity index (χ4v) is 4.87. The molecule has 2 aliphatic carbocycles. The average molecular weight is 357 g/mol. The molecule has 5 nitrogen and oxygen atoms in total. The highest BCUT2D eigenvalue weighted by Gasteiger charge is 2.40. The molecule has 3 rings (SSSR count). The normalized spacial score (nSPS) is 26.3. The van der Waals surface area contributed by atoms with E-state index in [9.17, 15) is 13.2 Å². The Kier molecular flexibility index (Phi) is 4.56. The van der Waals surface area contributed by atoms with Gasteiger partial charge in [0.25, 0.3) is 0 Å². The first-order valence-corrected chi connectivity index (χ1v) is 10.1. The highest BCUT2D eigenvalue weighted by atomic mass is 35.5. The molecule has 0 spiro atoms. The maximum absolute atomic E-state index is 12.3. The number of carbonyl (C=O) groups is 1. The summed E-state index contributed by atoms with van der Waals surface area (Å²) in [6.45, 7) is -0.215. The SMILES string of the molecule is CS(=O)(=O)N(CC(=O)N[C@@H]1C[C@@H]2CC[C@@H]1C2)c1cccc(Cl)c1. The zero-order valence-electron chi connectivity index (χ0n) is 13.0. The lowest BCUT2D eigenvalue weighted by Crippen LogP contribution is -2.45. The van der Waals surface area contributed by atoms with Gasteiger partial charge in [0.05, 0.1) is 11.9 Å². The van der Waals surface area contributed by atoms with E-state index in [2.05, 4.69) is 5.32 Å². The lowest BCUT2D eigenvalue weighted by molar-refractivity contribution is -0.120. The minimum atomic E-state index is -3.56. The van der Waals surface area contributed by atoms with Gasteiger partial charge in [-0.25, -0.2) is 8.42 Å². The molecule has 3 atom stereocenters. The number of rotatable bonds is 5. The maximum atomic E-state index is 12.3. The molecule has 0 aliphatic heterocycles. The summed E-state index contributed by atoms with van der Waals surface area (Å²) in [6.07, 6.45) is 5.73. The van der Waals surface area contributed by atoms with E-state index in [1.807, 2.05) is 0 Å². The van der Waals surface area contributed by atoms with Crippen LogP contribution in [0.3, 0.4) is 0 Å². The summed E-state index contributed by atoms with van der Waals surface area (Å²) >= 11 is 5.93. The number of hydrogen-bond donors (Lipinski definition) is 1. The van der Waals surface area contributed by atoms with E-state index in [4.69, 9.17) is 11.6 Å². The van der Waals surface area contributed by atoms with Gasteiger partial charge in [0.2, 0.25) is 15.9 Å². The van der Waals surface area contributed by atoms with Gasteiger partial charge in [-0.2, -0.15) is 0 Å². The Morgan fingerprint density at radius 1 is 1.35 bits per heavy atom. The summed E-state index contributed by atoms with van der Waals surface area (Å²) in [4.78, 5) is 12.3. The zero-order valence-corrected chi connectivity index (χ0v) is 14.6. The second kappa shape index (κ2) is 6.32. The molecule has 23 heavy (non-hydrogen) atoms. The van der Waals surface area contributed by atoms with Gasteiger partial charge in [-0.05, 0) is 49.3 Å². The van der Waals surface area contributed by atoms with Crippen molar-refractivity contribution in [1.29, 1.82) is 0 Å². The van der Waals surface area contributed by atoms with Crippen LogP contribution in [0, 0.1) is 11.8 Å². The van der Waals surface area contributed by atoms with Crippen LogP contribution >= 0.6 is 11.6 Å². The van der Waals surface area contributed by atoms with Gasteiger partial charge < -0.3 is 5.32 Å². The summed E-state index contributed by atoms with van der Waals surface area (Å²) in [6, 6.07) is 6.72. The predicted molar refractivity (Wildman–Crippen MR) is 91.0 cm³/mol. The number of sulfonamides is 1. The zero-order chi connectivity index (χ0) is 16.6. The van der Waals surface area contributed by atoms with E-state index in [1.165, 1.54) is 19.3 Å². The molecular formula is C16H21ClN2O3S. The Hall–Kier alpha value is -1.27. The standard InChI is InChI=1S/C16H21ClN2O3S/c1-23(21,22)19(14-4-2-3-13(17)9-14)10-16(20)18-15-8-11-5-6-12(15)7-11/h2-4,9,11-12,15H,5-8,10H2,1H3,(H,18,20)/t11-,12-,15-/m1/s1. The van der Waals surface area contributed by atoms with E-state index in [1.54, 1.807) is 24.3 Å². The number of fused-ring (bicyclic) bond motifs is 2. The average Bonchev–Trinajstić information content (AvgIpc) is 3.06. The topological polar surface area (TPSA) is 66.5 Å². The van der Waals surface area contributed by atoms with Crippen molar-refractivity contribution in [2.24, 2.45) is 11.8 Å². The lowest BCUT2D eigenvalue weighted by atomic mass is 9.95. The van der Waals surface area contributed by atoms with E-state index in [0.29, 0.717) is 16.6 Å². The molecule has 1 amide bonds. The Labute approximate surface area is 142 Å². The van der Waals surface area contributed by atoms with Gasteiger partial charge in [0, 0.05) is 11.1 Å². The molecule has 0 radical (unpaired) electrons. The quantitative estimate of drug-likeness (QED) is 0.881. The number of hydrogen-bond acceptors (Lipinski definition) is 3. The number of nitrogens with one attached hydrogen (secondary N) is 1. The molecule has 0 aromatic heterocycles. The molecule has 0 heterocycles. The van der Waals surface area contributed by atoms with Crippen molar-refractivity contribution >= 4 is 33.2 Å². The molecule has 1 aromatic rings. The van der Waals surface area contributed by atoms with Crippen LogP contribution in [0.1, 0.15) is 25.7 Å². The summed E-state index contributed by atoms with van der Waals surface area (Å²) < 4.78 is 25.2. The smallest absolute Gasteiger partial charge is 0.241 e. The highest BCUT2D eigenvalue weighted by molar-refractivity contribution is 7.92. The van der Waals surface area contributed by atoms with E-state index in [-0.39, 0.29) is 18.5 Å². The Balaban J connectivity index is 1.70. The third kappa shape index (κ3) is 3.80. The van der Waals surface area contributed by atoms with Crippen LogP contribution in [0.4, 0.5) is 5.69 Å². The lowest BCUT2D eigenvalue weighted by Gasteiger charge is -2.26. The van der Waals surface area contributed by atoms with Gasteiger partial charge in [0.1, 0.15) is 6.54 Å². The van der Waals surface area contributed by atoms with Gasteiger partial charge >= 0.3 is 0 Å². The van der Waals surface area contributed by atoms with Crippen LogP contribution in [0.15, 0.2) is 24.3 Å². The summed E-state index contributed by atoms with van der Waals surface area (Å²) in [5.41, 5.74) is 0.406. The van der Waals surface area contributed by atoms with Crippen LogP contribution in [0.5, 0.6) is 0 Å². The van der Waals surface area contributed by atoms with Crippen LogP contribution in [0.2, 0.25) is 5.02 Å². The maximum Gasteiger partial charge on any atom is 0.241 e. The first kappa shape index (κ1) is 16.6. The largest absolute Gasteiger partial charge is 0.352 e. The van der Waals surface area contributed by atoms with Gasteiger partial charge in [-0.15, -0.1) is 0 Å². The van der Waals surface area contributed by atoms with Gasteiger partial charge in [-0.3, -0.25) is 9.10 Å². The van der Waals surface area contributed by atoms with E-state index < -0.39 is 10.0 Å². The molecule has 2 bridgehead atoms. The minimum Gasteiger partial charge on any atom is -0.352 e. The fourth-order valence-electron chi connectivity index (χ4n) is 3.84. The highest BCUT2D eigenvalue weighted by Crippen LogP contribution is 2.44. The van der Waals surface area contributed by atoms with Crippen molar-refractivity contribution in [1.82, 2.24) is 5.32 Å². The van der Waals surface area contributed by atoms with Gasteiger partial charge in [0.15, 0.2) is 0 Å². The van der Waals surface area contributed by atoms with Crippen LogP contribution in [-0.4, -0.2) is 33.2 Å². The monoisotopic (exact) mass is 356 g/mol. The molecule has 2 saturated carbocycles. The number of nitrogens with zero attached hydrogens (tertiary/aromatic N) is 1. The Bertz CT molecular complexity index is 707. The van der Waals surface area contributed by atoms with Crippen LogP contribution in [0.25, 0.3) is 0 Å². The first-order valence-electron chi connectivity index (χ1n) is 7.85. The molecule has 0 unspecified atom stereocenters. The van der Waals surface area contributed by atoms with E-state index in [0.717, 1.165) is 22.9 Å². The Morgan fingerprint density at radius 3 is 2.70 bits per heavy atom. The molecule has 2 fully saturated rings. The molecular weight excluding hydrogens is 336 g/mol. The van der Waals surface area contributed by atoms with Crippen LogP contribution in [-0.2, 0) is 14.8 Å². The number of carbonyl (C=O) groups excluding carboxylic acids is 1. The molecule has 0 saturated heterocycles. The minimum absolute atomic E-state index is 0.196. The predicted octanol–water partition coefficient (Wildman–Crippen LogP) is 2.41. The number of benzene rings is 1. The van der Waals surface area contributed by atoms with Crippen molar-refractivity contribution in [2.45, 2.75) is 31.7 Å². The molecule has 1 aromatic carbocycles. The molecule has 1 N–H and O–H groups in total. The van der Waals surface area contributed by atoms with Gasteiger partial charge in [-0.1, -0.05) is 24.1 Å². The second-order valence-electron chi connectivity index (χ2n) is 6.60. The fraction of sp³-hybridized carbons (Fsp3) is 0.562. The van der Waals surface area contributed by atoms with Crippen molar-refractivity contribution < 1.29 is 13.2 Å². The third-order valence-corrected chi connectivity index (χ3v) is 6.24. The third-order valence-electron chi connectivity index (χ3n) is 4.87.